The molecular formula is C11H13Br2F. The molecule has 0 aliphatic heterocycles. The van der Waals surface area contributed by atoms with Gasteiger partial charge in [-0.25, -0.2) is 4.39 Å². The van der Waals surface area contributed by atoms with Gasteiger partial charge >= 0.3 is 0 Å². The van der Waals surface area contributed by atoms with Gasteiger partial charge in [0.2, 0.25) is 0 Å². The zero-order chi connectivity index (χ0) is 10.7. The summed E-state index contributed by atoms with van der Waals surface area (Å²) >= 11 is 6.79. The molecule has 0 aliphatic carbocycles. The van der Waals surface area contributed by atoms with Crippen LogP contribution in [0.1, 0.15) is 30.7 Å². The second-order valence-corrected chi connectivity index (χ2v) is 5.73. The monoisotopic (exact) mass is 322 g/mol. The van der Waals surface area contributed by atoms with Crippen LogP contribution in [0.2, 0.25) is 0 Å². The van der Waals surface area contributed by atoms with Gasteiger partial charge in [-0.3, -0.25) is 0 Å². The van der Waals surface area contributed by atoms with Crippen LogP contribution in [0.3, 0.4) is 0 Å². The van der Waals surface area contributed by atoms with Crippen LogP contribution in [0.4, 0.5) is 4.39 Å². The minimum atomic E-state index is -0.210. The second kappa shape index (κ2) is 5.26. The van der Waals surface area contributed by atoms with Crippen molar-refractivity contribution in [2.75, 3.05) is 0 Å². The summed E-state index contributed by atoms with van der Waals surface area (Å²) in [5.41, 5.74) is 1.12. The Kier molecular flexibility index (Phi) is 4.58. The highest BCUT2D eigenvalue weighted by Gasteiger charge is 2.11. The molecule has 1 aromatic carbocycles. The van der Waals surface area contributed by atoms with Crippen molar-refractivity contribution in [1.29, 1.82) is 0 Å². The molecule has 0 aromatic heterocycles. The van der Waals surface area contributed by atoms with E-state index in [1.165, 1.54) is 6.07 Å². The van der Waals surface area contributed by atoms with Gasteiger partial charge in [-0.1, -0.05) is 35.8 Å². The summed E-state index contributed by atoms with van der Waals surface area (Å²) in [5.74, 6) is 0.418. The van der Waals surface area contributed by atoms with Crippen molar-refractivity contribution in [1.82, 2.24) is 0 Å². The molecule has 0 bridgehead atoms. The van der Waals surface area contributed by atoms with Crippen molar-refractivity contribution in [3.8, 4) is 0 Å². The smallest absolute Gasteiger partial charge is 0.137 e. The average Bonchev–Trinajstić information content (AvgIpc) is 2.08. The average molecular weight is 324 g/mol. The Bertz CT molecular complexity index is 310. The Balaban J connectivity index is 2.80. The summed E-state index contributed by atoms with van der Waals surface area (Å²) < 4.78 is 13.5. The summed E-state index contributed by atoms with van der Waals surface area (Å²) in [6.07, 6.45) is 1.05. The van der Waals surface area contributed by atoms with Crippen molar-refractivity contribution >= 4 is 31.9 Å². The van der Waals surface area contributed by atoms with Crippen LogP contribution in [-0.4, -0.2) is 0 Å². The van der Waals surface area contributed by atoms with Crippen LogP contribution < -0.4 is 0 Å². The highest BCUT2D eigenvalue weighted by atomic mass is 79.9. The lowest BCUT2D eigenvalue weighted by atomic mass is 10.0. The third-order valence-corrected chi connectivity index (χ3v) is 3.49. The van der Waals surface area contributed by atoms with Gasteiger partial charge in [-0.15, -0.1) is 0 Å². The number of halogens is 3. The molecule has 3 heteroatoms. The maximum absolute atomic E-state index is 13.0. The van der Waals surface area contributed by atoms with Crippen LogP contribution in [0.15, 0.2) is 22.7 Å². The largest absolute Gasteiger partial charge is 0.206 e. The van der Waals surface area contributed by atoms with Crippen LogP contribution >= 0.6 is 31.9 Å². The molecule has 0 amide bonds. The quantitative estimate of drug-likeness (QED) is 0.681. The van der Waals surface area contributed by atoms with E-state index in [0.29, 0.717) is 15.2 Å². The van der Waals surface area contributed by atoms with Crippen LogP contribution in [-0.2, 0) is 0 Å². The Hall–Kier alpha value is 0.110. The van der Waals surface area contributed by atoms with E-state index in [0.717, 1.165) is 12.0 Å². The topological polar surface area (TPSA) is 0 Å². The second-order valence-electron chi connectivity index (χ2n) is 3.77. The van der Waals surface area contributed by atoms with Crippen molar-refractivity contribution in [2.45, 2.75) is 25.1 Å². The van der Waals surface area contributed by atoms with Crippen LogP contribution in [0.5, 0.6) is 0 Å². The lowest BCUT2D eigenvalue weighted by Crippen LogP contribution is -1.96. The highest BCUT2D eigenvalue weighted by molar-refractivity contribution is 9.10. The molecule has 1 rings (SSSR count). The van der Waals surface area contributed by atoms with E-state index in [-0.39, 0.29) is 5.82 Å². The molecule has 0 heterocycles. The van der Waals surface area contributed by atoms with Crippen LogP contribution in [0.25, 0.3) is 0 Å². The lowest BCUT2D eigenvalue weighted by molar-refractivity contribution is 0.581. The third-order valence-electron chi connectivity index (χ3n) is 1.98. The first-order valence-electron chi connectivity index (χ1n) is 4.59. The Morgan fingerprint density at radius 1 is 1.36 bits per heavy atom. The highest BCUT2D eigenvalue weighted by Crippen LogP contribution is 2.31. The fourth-order valence-electron chi connectivity index (χ4n) is 1.26. The molecule has 0 spiro atoms. The number of alkyl halides is 1. The van der Waals surface area contributed by atoms with Crippen LogP contribution in [0, 0.1) is 11.7 Å². The molecule has 0 radical (unpaired) electrons. The molecular weight excluding hydrogens is 311 g/mol. The number of hydrogen-bond donors (Lipinski definition) is 0. The first-order chi connectivity index (χ1) is 6.50. The van der Waals surface area contributed by atoms with Gasteiger partial charge in [0.1, 0.15) is 5.82 Å². The Morgan fingerprint density at radius 3 is 2.50 bits per heavy atom. The van der Waals surface area contributed by atoms with Gasteiger partial charge in [0.05, 0.1) is 4.47 Å². The summed E-state index contributed by atoms with van der Waals surface area (Å²) in [6.45, 7) is 4.35. The fourth-order valence-corrected chi connectivity index (χ4v) is 2.69. The number of hydrogen-bond acceptors (Lipinski definition) is 0. The molecule has 14 heavy (non-hydrogen) atoms. The summed E-state index contributed by atoms with van der Waals surface area (Å²) in [4.78, 5) is 0.305. The van der Waals surface area contributed by atoms with Crippen molar-refractivity contribution in [2.24, 2.45) is 5.92 Å². The van der Waals surface area contributed by atoms with Crippen molar-refractivity contribution < 1.29 is 4.39 Å². The molecule has 1 atom stereocenters. The SMILES string of the molecule is CC(C)CC(Br)c1ccc(F)c(Br)c1. The predicted molar refractivity (Wildman–Crippen MR) is 65.2 cm³/mol. The summed E-state index contributed by atoms with van der Waals surface area (Å²) in [7, 11) is 0. The molecule has 0 saturated heterocycles. The fraction of sp³-hybridized carbons (Fsp3) is 0.455. The van der Waals surface area contributed by atoms with E-state index in [2.05, 4.69) is 45.7 Å². The molecule has 0 N–H and O–H groups in total. The zero-order valence-corrected chi connectivity index (χ0v) is 11.4. The summed E-state index contributed by atoms with van der Waals surface area (Å²) in [6, 6.07) is 5.15. The Labute approximate surface area is 101 Å². The maximum atomic E-state index is 13.0. The zero-order valence-electron chi connectivity index (χ0n) is 8.23. The Morgan fingerprint density at radius 2 is 2.00 bits per heavy atom. The first kappa shape index (κ1) is 12.2. The van der Waals surface area contributed by atoms with Crippen molar-refractivity contribution in [3.63, 3.8) is 0 Å². The van der Waals surface area contributed by atoms with Gasteiger partial charge in [0, 0.05) is 4.83 Å². The number of rotatable bonds is 3. The van der Waals surface area contributed by atoms with Gasteiger partial charge < -0.3 is 0 Å². The molecule has 0 nitrogen and oxygen atoms in total. The van der Waals surface area contributed by atoms with E-state index in [9.17, 15) is 4.39 Å². The van der Waals surface area contributed by atoms with E-state index < -0.39 is 0 Å². The van der Waals surface area contributed by atoms with Gasteiger partial charge in [-0.2, -0.15) is 0 Å². The molecule has 0 fully saturated rings. The number of benzene rings is 1. The van der Waals surface area contributed by atoms with Gasteiger partial charge in [0.15, 0.2) is 0 Å². The summed E-state index contributed by atoms with van der Waals surface area (Å²) in [5, 5.41) is 0. The predicted octanol–water partition coefficient (Wildman–Crippen LogP) is 5.07. The molecule has 0 aliphatic rings. The van der Waals surface area contributed by atoms with Crippen molar-refractivity contribution in [3.05, 3.63) is 34.1 Å². The van der Waals surface area contributed by atoms with E-state index >= 15 is 0 Å². The minimum absolute atomic E-state index is 0.210. The lowest BCUT2D eigenvalue weighted by Gasteiger charge is -2.13. The molecule has 0 saturated carbocycles. The maximum Gasteiger partial charge on any atom is 0.137 e. The van der Waals surface area contributed by atoms with Gasteiger partial charge in [-0.05, 0) is 46.0 Å². The van der Waals surface area contributed by atoms with E-state index in [1.807, 2.05) is 12.1 Å². The molecule has 1 aromatic rings. The normalized spacial score (nSPS) is 13.3. The first-order valence-corrected chi connectivity index (χ1v) is 6.30. The standard InChI is InChI=1S/C11H13Br2F/c1-7(2)5-9(12)8-3-4-11(14)10(13)6-8/h3-4,6-7,9H,5H2,1-2H3. The molecule has 78 valence electrons. The minimum Gasteiger partial charge on any atom is -0.206 e. The molecule has 1 unspecified atom stereocenters. The third kappa shape index (κ3) is 3.35. The van der Waals surface area contributed by atoms with E-state index in [1.54, 1.807) is 0 Å². The van der Waals surface area contributed by atoms with Gasteiger partial charge in [0.25, 0.3) is 0 Å². The van der Waals surface area contributed by atoms with E-state index in [4.69, 9.17) is 0 Å².